The Labute approximate surface area is 443 Å². The van der Waals surface area contributed by atoms with E-state index in [2.05, 4.69) is 10.1 Å². The minimum Gasteiger partial charge on any atom is -0.479 e. The molecule has 2 heterocycles. The third-order valence-corrected chi connectivity index (χ3v) is 12.1. The Bertz CT molecular complexity index is 2410. The Hall–Kier alpha value is -6.50. The van der Waals surface area contributed by atoms with Crippen LogP contribution in [0.5, 0.6) is 0 Å². The average molecular weight is 1040 g/mol. The first-order valence-corrected chi connectivity index (χ1v) is 25.1. The minimum atomic E-state index is -1.19. The number of hydrogen-bond acceptors (Lipinski definition) is 12. The average Bonchev–Trinajstić information content (AvgIpc) is 3.52. The van der Waals surface area contributed by atoms with E-state index in [0.29, 0.717) is 43.4 Å². The quantitative estimate of drug-likeness (QED) is 0.0659. The van der Waals surface area contributed by atoms with Crippen LogP contribution in [-0.2, 0) is 47.7 Å². The van der Waals surface area contributed by atoms with Gasteiger partial charge in [0, 0.05) is 46.6 Å². The van der Waals surface area contributed by atoms with Gasteiger partial charge in [-0.05, 0) is 83.7 Å². The van der Waals surface area contributed by atoms with Crippen molar-refractivity contribution in [3.8, 4) is 22.3 Å². The molecular formula is C58H82N4O13. The number of rotatable bonds is 16. The summed E-state index contributed by atoms with van der Waals surface area (Å²) in [4.78, 5) is 72.8. The molecule has 3 amide bonds. The van der Waals surface area contributed by atoms with E-state index < -0.39 is 48.4 Å². The second-order valence-electron chi connectivity index (χ2n) is 19.8. The van der Waals surface area contributed by atoms with Crippen LogP contribution in [0.1, 0.15) is 104 Å². The lowest BCUT2D eigenvalue weighted by Gasteiger charge is -2.25. The van der Waals surface area contributed by atoms with Crippen molar-refractivity contribution in [2.75, 3.05) is 52.3 Å². The van der Waals surface area contributed by atoms with Gasteiger partial charge in [-0.25, -0.2) is 14.4 Å². The normalized spacial score (nSPS) is 15.9. The number of hydrogen-bond donors (Lipinski definition) is 5. The molecule has 0 radical (unpaired) electrons. The smallest absolute Gasteiger partial charge is 0.334 e. The van der Waals surface area contributed by atoms with Gasteiger partial charge in [-0.3, -0.25) is 14.4 Å². The van der Waals surface area contributed by atoms with Crippen LogP contribution in [0.2, 0.25) is 0 Å². The largest absolute Gasteiger partial charge is 0.479 e. The number of fused-ring (bicyclic) bond motifs is 6. The lowest BCUT2D eigenvalue weighted by Crippen LogP contribution is -2.45. The van der Waals surface area contributed by atoms with Crippen molar-refractivity contribution < 1.29 is 63.0 Å². The summed E-state index contributed by atoms with van der Waals surface area (Å²) in [7, 11) is 9.35. The van der Waals surface area contributed by atoms with Crippen LogP contribution in [0, 0.1) is 23.7 Å². The number of likely N-dealkylation sites (N-methyl/N-ethyl adjacent to an activating group) is 2. The summed E-state index contributed by atoms with van der Waals surface area (Å²) in [6.07, 6.45) is -0.600. The highest BCUT2D eigenvalue weighted by atomic mass is 16.6. The number of carbonyl (C=O) groups excluding carboxylic acids is 4. The number of aliphatic hydroxyl groups excluding tert-OH is 1. The molecule has 0 fully saturated rings. The summed E-state index contributed by atoms with van der Waals surface area (Å²) < 4.78 is 19.6. The highest BCUT2D eigenvalue weighted by molar-refractivity contribution is 6.06. The number of aliphatic carboxylic acids is 2. The third-order valence-electron chi connectivity index (χ3n) is 12.1. The molecule has 4 aromatic rings. The molecule has 0 aliphatic carbocycles. The van der Waals surface area contributed by atoms with E-state index in [1.165, 1.54) is 28.4 Å². The number of anilines is 2. The predicted octanol–water partition coefficient (Wildman–Crippen LogP) is 8.71. The molecule has 6 atom stereocenters. The molecule has 4 unspecified atom stereocenters. The molecule has 0 saturated heterocycles. The van der Waals surface area contributed by atoms with Gasteiger partial charge < -0.3 is 55.1 Å². The fourth-order valence-electron chi connectivity index (χ4n) is 8.14. The third kappa shape index (κ3) is 19.6. The van der Waals surface area contributed by atoms with Gasteiger partial charge in [0.1, 0.15) is 18.2 Å². The number of amides is 3. The molecule has 0 saturated carbocycles. The van der Waals surface area contributed by atoms with Gasteiger partial charge >= 0.3 is 17.9 Å². The zero-order chi connectivity index (χ0) is 56.7. The molecular weight excluding hydrogens is 961 g/mol. The molecule has 0 spiro atoms. The van der Waals surface area contributed by atoms with Crippen LogP contribution in [-0.4, -0.2) is 118 Å². The molecule has 0 aromatic heterocycles. The SMILES string of the molecule is CC(C)CC(O)C(=O)O.CN1C(=O)[C@@H](N)c2ccccc2-c2ccccc21.COC(=O)C(CC(C)C)OC.COC(CC(C)C)C(=O)N[C@@H]1C(=O)N(C)c2ccccc2-c2ccccc21.COC(CC(C)C)C(=O)O. The van der Waals surface area contributed by atoms with Gasteiger partial charge in [0.2, 0.25) is 11.8 Å². The number of carboxylic acids is 2. The van der Waals surface area contributed by atoms with Gasteiger partial charge in [-0.15, -0.1) is 0 Å². The van der Waals surface area contributed by atoms with E-state index >= 15 is 0 Å². The zero-order valence-electron chi connectivity index (χ0n) is 46.2. The maximum Gasteiger partial charge on any atom is 0.334 e. The van der Waals surface area contributed by atoms with Gasteiger partial charge in [0.05, 0.1) is 18.5 Å². The first-order chi connectivity index (χ1) is 35.4. The van der Waals surface area contributed by atoms with Crippen LogP contribution in [0.4, 0.5) is 11.4 Å². The van der Waals surface area contributed by atoms with Gasteiger partial charge in [-0.1, -0.05) is 140 Å². The van der Waals surface area contributed by atoms with Crippen LogP contribution in [0.25, 0.3) is 22.3 Å². The van der Waals surface area contributed by atoms with Gasteiger partial charge in [0.25, 0.3) is 5.91 Å². The lowest BCUT2D eigenvalue weighted by molar-refractivity contribution is -0.153. The molecule has 75 heavy (non-hydrogen) atoms. The van der Waals surface area contributed by atoms with Crippen molar-refractivity contribution in [3.05, 3.63) is 108 Å². The topological polar surface area (TPSA) is 245 Å². The summed E-state index contributed by atoms with van der Waals surface area (Å²) in [6.45, 7) is 15.8. The van der Waals surface area contributed by atoms with Crippen molar-refractivity contribution in [1.29, 1.82) is 0 Å². The Morgan fingerprint density at radius 2 is 0.907 bits per heavy atom. The number of benzene rings is 4. The van der Waals surface area contributed by atoms with Crippen LogP contribution < -0.4 is 20.9 Å². The molecule has 412 valence electrons. The summed E-state index contributed by atoms with van der Waals surface area (Å²) >= 11 is 0. The van der Waals surface area contributed by atoms with Crippen molar-refractivity contribution in [2.45, 2.75) is 118 Å². The monoisotopic (exact) mass is 1040 g/mol. The lowest BCUT2D eigenvalue weighted by atomic mass is 9.95. The van der Waals surface area contributed by atoms with Crippen molar-refractivity contribution in [2.24, 2.45) is 29.4 Å². The summed E-state index contributed by atoms with van der Waals surface area (Å²) in [5.74, 6) is -1.46. The number of ether oxygens (including phenoxy) is 4. The number of para-hydroxylation sites is 2. The Kier molecular flexibility index (Phi) is 27.6. The van der Waals surface area contributed by atoms with Crippen molar-refractivity contribution >= 4 is 47.0 Å². The van der Waals surface area contributed by atoms with Gasteiger partial charge in [-0.2, -0.15) is 0 Å². The molecule has 4 aromatic carbocycles. The maximum absolute atomic E-state index is 13.2. The molecule has 6 rings (SSSR count). The van der Waals surface area contributed by atoms with Crippen molar-refractivity contribution in [3.63, 3.8) is 0 Å². The fourth-order valence-corrected chi connectivity index (χ4v) is 8.14. The molecule has 17 heteroatoms. The number of nitrogens with two attached hydrogens (primary N) is 1. The number of nitrogens with one attached hydrogen (secondary N) is 1. The predicted molar refractivity (Wildman–Crippen MR) is 292 cm³/mol. The second kappa shape index (κ2) is 32.1. The van der Waals surface area contributed by atoms with Crippen LogP contribution in [0.3, 0.4) is 0 Å². The van der Waals surface area contributed by atoms with E-state index in [-0.39, 0.29) is 29.6 Å². The summed E-state index contributed by atoms with van der Waals surface area (Å²) in [5, 5.41) is 28.3. The standard InChI is InChI=1S/C22H26N2O3.C15H14N2O.C8H16O3.C7H14O3.C6H12O3/c1-14(2)13-19(27-4)21(25)23-20-17-11-6-5-9-15(17)16-10-7-8-12-18(16)24(3)22(20)26;1-17-13-9-5-4-7-11(13)10-6-2-3-8-12(10)14(16)15(17)18;1-6(2)5-7(10-3)8(9)11-4;1-5(2)4-6(10-3)7(8)9;1-4(2)3-5(7)6(8)9/h5-12,14,19-20H,13H2,1-4H3,(H,23,25);2-9,14H,16H2,1H3;6-7H,5H2,1-4H3;5-6H,4H2,1-3H3,(H,8,9);4-5,7H,3H2,1-2H3,(H,8,9)/t19?,20-;14-;;;/m00.../s1. The second-order valence-corrected chi connectivity index (χ2v) is 19.8. The molecule has 6 N–H and O–H groups in total. The first-order valence-electron chi connectivity index (χ1n) is 25.1. The summed E-state index contributed by atoms with van der Waals surface area (Å²) in [5.41, 5.74) is 13.5. The zero-order valence-corrected chi connectivity index (χ0v) is 46.2. The van der Waals surface area contributed by atoms with E-state index in [4.69, 9.17) is 35.3 Å². The Morgan fingerprint density at radius 1 is 0.533 bits per heavy atom. The highest BCUT2D eigenvalue weighted by Gasteiger charge is 2.35. The minimum absolute atomic E-state index is 0.0765. The number of carboxylic acid groups (broad SMARTS) is 2. The first kappa shape index (κ1) is 64.6. The van der Waals surface area contributed by atoms with Crippen molar-refractivity contribution in [1.82, 2.24) is 5.32 Å². The molecule has 17 nitrogen and oxygen atoms in total. The maximum atomic E-state index is 13.2. The Balaban J connectivity index is 0.000000347. The van der Waals surface area contributed by atoms with E-state index in [9.17, 15) is 28.8 Å². The van der Waals surface area contributed by atoms with Crippen LogP contribution >= 0.6 is 0 Å². The van der Waals surface area contributed by atoms with E-state index in [1.54, 1.807) is 23.9 Å². The van der Waals surface area contributed by atoms with Gasteiger partial charge in [0.15, 0.2) is 18.3 Å². The highest BCUT2D eigenvalue weighted by Crippen LogP contribution is 2.40. The molecule has 0 bridgehead atoms. The Morgan fingerprint density at radius 3 is 1.29 bits per heavy atom. The molecule has 2 aliphatic rings. The molecule has 2 aliphatic heterocycles. The number of esters is 1. The van der Waals surface area contributed by atoms with E-state index in [1.807, 2.05) is 152 Å². The summed E-state index contributed by atoms with van der Waals surface area (Å²) in [6, 6.07) is 29.9. The fraction of sp³-hybridized carbons (Fsp3) is 0.483. The number of nitrogens with zero attached hydrogens (tertiary/aromatic N) is 2. The number of aliphatic hydroxyl groups is 1. The number of methoxy groups -OCH3 is 4. The van der Waals surface area contributed by atoms with Crippen LogP contribution in [0.15, 0.2) is 97.1 Å². The van der Waals surface area contributed by atoms with E-state index in [0.717, 1.165) is 44.8 Å². The number of carbonyl (C=O) groups is 6.